The summed E-state index contributed by atoms with van der Waals surface area (Å²) in [4.78, 5) is 3.98. The topological polar surface area (TPSA) is 47.3 Å². The van der Waals surface area contributed by atoms with Crippen LogP contribution in [0, 0.1) is 5.82 Å². The van der Waals surface area contributed by atoms with Crippen molar-refractivity contribution in [1.82, 2.24) is 9.55 Å². The van der Waals surface area contributed by atoms with Gasteiger partial charge in [-0.25, -0.2) is 9.37 Å². The van der Waals surface area contributed by atoms with Crippen LogP contribution in [0.1, 0.15) is 64.4 Å². The van der Waals surface area contributed by atoms with Crippen molar-refractivity contribution in [3.8, 4) is 5.75 Å². The zero-order chi connectivity index (χ0) is 18.8. The van der Waals surface area contributed by atoms with Crippen LogP contribution in [0.3, 0.4) is 0 Å². The van der Waals surface area contributed by atoms with Crippen LogP contribution in [0.15, 0.2) is 36.9 Å². The molecule has 1 unspecified atom stereocenters. The number of hydrogen-bond acceptors (Lipinski definition) is 3. The molecule has 0 aliphatic carbocycles. The van der Waals surface area contributed by atoms with E-state index in [0.29, 0.717) is 17.9 Å². The maximum atomic E-state index is 13.8. The monoisotopic (exact) mass is 362 g/mol. The van der Waals surface area contributed by atoms with Gasteiger partial charge in [0.15, 0.2) is 0 Å². The number of ether oxygens (including phenoxy) is 1. The predicted molar refractivity (Wildman–Crippen MR) is 102 cm³/mol. The summed E-state index contributed by atoms with van der Waals surface area (Å²) in [5, 5.41) is 10.9. The minimum absolute atomic E-state index is 0.282. The fraction of sp³-hybridized carbons (Fsp3) is 0.571. The van der Waals surface area contributed by atoms with Gasteiger partial charge in [0.05, 0.1) is 19.5 Å². The summed E-state index contributed by atoms with van der Waals surface area (Å²) in [7, 11) is 0. The summed E-state index contributed by atoms with van der Waals surface area (Å²) in [5.74, 6) is 0.164. The Labute approximate surface area is 156 Å². The number of rotatable bonds is 12. The lowest BCUT2D eigenvalue weighted by atomic mass is 9.94. The van der Waals surface area contributed by atoms with Crippen molar-refractivity contribution in [2.24, 2.45) is 0 Å². The number of benzene rings is 1. The summed E-state index contributed by atoms with van der Waals surface area (Å²) >= 11 is 0. The fourth-order valence-electron chi connectivity index (χ4n) is 3.11. The Morgan fingerprint density at radius 1 is 1.15 bits per heavy atom. The van der Waals surface area contributed by atoms with Crippen LogP contribution in [0.2, 0.25) is 0 Å². The lowest BCUT2D eigenvalue weighted by Crippen LogP contribution is -2.28. The molecule has 26 heavy (non-hydrogen) atoms. The third kappa shape index (κ3) is 6.45. The molecule has 0 fully saturated rings. The van der Waals surface area contributed by atoms with Crippen molar-refractivity contribution in [3.63, 3.8) is 0 Å². The van der Waals surface area contributed by atoms with E-state index in [9.17, 15) is 9.50 Å². The van der Waals surface area contributed by atoms with E-state index in [-0.39, 0.29) is 12.4 Å². The SMILES string of the molecule is CCCCCCCCCOc1ccc(F)cc1C(C)(O)Cn1ccnc1. The number of aromatic nitrogens is 2. The second kappa shape index (κ2) is 10.3. The molecule has 1 aromatic carbocycles. The molecule has 4 nitrogen and oxygen atoms in total. The Bertz CT molecular complexity index is 641. The fourth-order valence-corrected chi connectivity index (χ4v) is 3.11. The van der Waals surface area contributed by atoms with Gasteiger partial charge < -0.3 is 14.4 Å². The van der Waals surface area contributed by atoms with Crippen LogP contribution >= 0.6 is 0 Å². The highest BCUT2D eigenvalue weighted by Crippen LogP contribution is 2.32. The largest absolute Gasteiger partial charge is 0.493 e. The smallest absolute Gasteiger partial charge is 0.125 e. The highest BCUT2D eigenvalue weighted by molar-refractivity contribution is 5.38. The molecule has 0 saturated heterocycles. The molecule has 2 rings (SSSR count). The third-order valence-corrected chi connectivity index (χ3v) is 4.58. The van der Waals surface area contributed by atoms with Crippen molar-refractivity contribution in [2.75, 3.05) is 6.61 Å². The molecule has 0 aliphatic rings. The van der Waals surface area contributed by atoms with Crippen LogP contribution in [-0.2, 0) is 12.1 Å². The van der Waals surface area contributed by atoms with Gasteiger partial charge >= 0.3 is 0 Å². The van der Waals surface area contributed by atoms with Crippen LogP contribution in [0.4, 0.5) is 4.39 Å². The average molecular weight is 362 g/mol. The van der Waals surface area contributed by atoms with Gasteiger partial charge in [-0.2, -0.15) is 0 Å². The van der Waals surface area contributed by atoms with Crippen LogP contribution < -0.4 is 4.74 Å². The summed E-state index contributed by atoms with van der Waals surface area (Å²) in [6.07, 6.45) is 13.5. The average Bonchev–Trinajstić information content (AvgIpc) is 3.10. The number of halogens is 1. The third-order valence-electron chi connectivity index (χ3n) is 4.58. The minimum atomic E-state index is -1.25. The van der Waals surface area contributed by atoms with Crippen LogP contribution in [-0.4, -0.2) is 21.3 Å². The number of hydrogen-bond donors (Lipinski definition) is 1. The molecule has 1 N–H and O–H groups in total. The molecule has 2 aromatic rings. The zero-order valence-corrected chi connectivity index (χ0v) is 16.0. The lowest BCUT2D eigenvalue weighted by Gasteiger charge is -2.26. The van der Waals surface area contributed by atoms with Gasteiger partial charge in [-0.3, -0.25) is 0 Å². The summed E-state index contributed by atoms with van der Waals surface area (Å²) < 4.78 is 21.4. The minimum Gasteiger partial charge on any atom is -0.493 e. The summed E-state index contributed by atoms with van der Waals surface area (Å²) in [6, 6.07) is 4.34. The quantitative estimate of drug-likeness (QED) is 0.537. The van der Waals surface area contributed by atoms with E-state index in [1.165, 1.54) is 44.2 Å². The Kier molecular flexibility index (Phi) is 8.10. The second-order valence-corrected chi connectivity index (χ2v) is 7.12. The first-order valence-electron chi connectivity index (χ1n) is 9.64. The van der Waals surface area contributed by atoms with Gasteiger partial charge in [-0.1, -0.05) is 45.4 Å². The van der Waals surface area contributed by atoms with E-state index in [1.54, 1.807) is 36.3 Å². The van der Waals surface area contributed by atoms with Crippen LogP contribution in [0.25, 0.3) is 0 Å². The number of nitrogens with zero attached hydrogens (tertiary/aromatic N) is 2. The molecule has 144 valence electrons. The Balaban J connectivity index is 1.90. The van der Waals surface area contributed by atoms with Crippen molar-refractivity contribution >= 4 is 0 Å². The van der Waals surface area contributed by atoms with Gasteiger partial charge in [0.25, 0.3) is 0 Å². The summed E-state index contributed by atoms with van der Waals surface area (Å²) in [6.45, 7) is 4.75. The molecule has 1 aromatic heterocycles. The number of aliphatic hydroxyl groups is 1. The van der Waals surface area contributed by atoms with Gasteiger partial charge in [0.1, 0.15) is 17.2 Å². The molecule has 0 spiro atoms. The van der Waals surface area contributed by atoms with E-state index < -0.39 is 5.60 Å². The molecule has 0 saturated carbocycles. The Hall–Kier alpha value is -1.88. The van der Waals surface area contributed by atoms with E-state index in [0.717, 1.165) is 12.8 Å². The molecule has 1 heterocycles. The summed E-state index contributed by atoms with van der Waals surface area (Å²) in [5.41, 5.74) is -0.785. The maximum Gasteiger partial charge on any atom is 0.125 e. The molecule has 0 amide bonds. The van der Waals surface area contributed by atoms with Crippen molar-refractivity contribution in [3.05, 3.63) is 48.3 Å². The van der Waals surface area contributed by atoms with E-state index in [4.69, 9.17) is 4.74 Å². The standard InChI is InChI=1S/C21H31FN2O2/c1-3-4-5-6-7-8-9-14-26-20-11-10-18(22)15-19(20)21(2,25)16-24-13-12-23-17-24/h10-13,15,17,25H,3-9,14,16H2,1-2H3. The van der Waals surface area contributed by atoms with E-state index >= 15 is 0 Å². The highest BCUT2D eigenvalue weighted by atomic mass is 19.1. The Morgan fingerprint density at radius 3 is 2.58 bits per heavy atom. The molecule has 0 bridgehead atoms. The maximum absolute atomic E-state index is 13.8. The van der Waals surface area contributed by atoms with Crippen LogP contribution in [0.5, 0.6) is 5.75 Å². The van der Waals surface area contributed by atoms with Gasteiger partial charge in [0, 0.05) is 18.0 Å². The van der Waals surface area contributed by atoms with Gasteiger partial charge in [-0.05, 0) is 31.5 Å². The molecular formula is C21H31FN2O2. The van der Waals surface area contributed by atoms with E-state index in [1.807, 2.05) is 0 Å². The normalized spacial score (nSPS) is 13.5. The number of unbranched alkanes of at least 4 members (excludes halogenated alkanes) is 6. The van der Waals surface area contributed by atoms with Crippen molar-refractivity contribution in [1.29, 1.82) is 0 Å². The van der Waals surface area contributed by atoms with Crippen molar-refractivity contribution < 1.29 is 14.2 Å². The number of imidazole rings is 1. The first-order valence-corrected chi connectivity index (χ1v) is 9.64. The first-order chi connectivity index (χ1) is 12.5. The van der Waals surface area contributed by atoms with E-state index in [2.05, 4.69) is 11.9 Å². The molecule has 1 atom stereocenters. The van der Waals surface area contributed by atoms with Crippen molar-refractivity contribution in [2.45, 2.75) is 70.9 Å². The zero-order valence-electron chi connectivity index (χ0n) is 16.0. The molecule has 0 aliphatic heterocycles. The lowest BCUT2D eigenvalue weighted by molar-refractivity contribution is 0.0348. The molecular weight excluding hydrogens is 331 g/mol. The molecule has 5 heteroatoms. The highest BCUT2D eigenvalue weighted by Gasteiger charge is 2.28. The van der Waals surface area contributed by atoms with Gasteiger partial charge in [-0.15, -0.1) is 0 Å². The Morgan fingerprint density at radius 2 is 1.88 bits per heavy atom. The van der Waals surface area contributed by atoms with Gasteiger partial charge in [0.2, 0.25) is 0 Å². The molecule has 0 radical (unpaired) electrons. The second-order valence-electron chi connectivity index (χ2n) is 7.12. The first kappa shape index (κ1) is 20.4. The predicted octanol–water partition coefficient (Wildman–Crippen LogP) is 5.06.